The monoisotopic (exact) mass is 434 g/mol. The molecule has 0 unspecified atom stereocenters. The van der Waals surface area contributed by atoms with E-state index in [1.165, 1.54) is 53.2 Å². The molecule has 1 saturated carbocycles. The fourth-order valence-electron chi connectivity index (χ4n) is 5.08. The van der Waals surface area contributed by atoms with Gasteiger partial charge in [-0.1, -0.05) is 12.8 Å². The maximum Gasteiger partial charge on any atom is 0.138 e. The van der Waals surface area contributed by atoms with E-state index in [0.29, 0.717) is 6.04 Å². The summed E-state index contributed by atoms with van der Waals surface area (Å²) < 4.78 is 0. The third kappa shape index (κ3) is 3.59. The Kier molecular flexibility index (Phi) is 4.88. The van der Waals surface area contributed by atoms with Crippen LogP contribution in [-0.2, 0) is 0 Å². The molecular weight excluding hydrogens is 404 g/mol. The molecule has 162 valence electrons. The summed E-state index contributed by atoms with van der Waals surface area (Å²) in [6.45, 7) is 5.18. The second-order valence-corrected chi connectivity index (χ2v) is 9.99. The number of imidazole rings is 1. The molecule has 2 fully saturated rings. The Morgan fingerprint density at radius 2 is 1.94 bits per heavy atom. The molecule has 0 atom stereocenters. The van der Waals surface area contributed by atoms with E-state index < -0.39 is 0 Å². The molecule has 1 aromatic carbocycles. The predicted octanol–water partition coefficient (Wildman–Crippen LogP) is 4.20. The van der Waals surface area contributed by atoms with Crippen molar-refractivity contribution >= 4 is 45.0 Å². The number of nitrogens with zero attached hydrogens (tertiary/aromatic N) is 3. The van der Waals surface area contributed by atoms with E-state index in [4.69, 9.17) is 4.98 Å². The van der Waals surface area contributed by atoms with Crippen molar-refractivity contribution in [1.82, 2.24) is 20.2 Å². The van der Waals surface area contributed by atoms with Gasteiger partial charge in [-0.25, -0.2) is 4.98 Å². The van der Waals surface area contributed by atoms with Crippen LogP contribution in [0.4, 0.5) is 11.4 Å². The molecule has 2 aromatic heterocycles. The number of nitrogens with one attached hydrogen (secondary N) is 3. The van der Waals surface area contributed by atoms with Crippen LogP contribution in [0.15, 0.2) is 29.6 Å². The number of H-pyrrole nitrogens is 1. The van der Waals surface area contributed by atoms with Crippen LogP contribution in [0.2, 0.25) is 0 Å². The molecule has 1 saturated heterocycles. The summed E-state index contributed by atoms with van der Waals surface area (Å²) in [4.78, 5) is 14.8. The predicted molar refractivity (Wildman–Crippen MR) is 131 cm³/mol. The van der Waals surface area contributed by atoms with E-state index in [-0.39, 0.29) is 0 Å². The van der Waals surface area contributed by atoms with Crippen LogP contribution in [0.3, 0.4) is 0 Å². The highest BCUT2D eigenvalue weighted by Crippen LogP contribution is 2.38. The zero-order valence-electron chi connectivity index (χ0n) is 18.1. The smallest absolute Gasteiger partial charge is 0.138 e. The largest absolute Gasteiger partial charge is 0.381 e. The van der Waals surface area contributed by atoms with Crippen LogP contribution in [0.25, 0.3) is 22.3 Å². The van der Waals surface area contributed by atoms with Crippen LogP contribution < -0.4 is 15.5 Å². The fourth-order valence-corrected chi connectivity index (χ4v) is 5.99. The van der Waals surface area contributed by atoms with Gasteiger partial charge in [-0.2, -0.15) is 0 Å². The van der Waals surface area contributed by atoms with Gasteiger partial charge in [0.05, 0.1) is 27.3 Å². The van der Waals surface area contributed by atoms with Crippen molar-refractivity contribution in [3.05, 3.63) is 40.3 Å². The van der Waals surface area contributed by atoms with Crippen LogP contribution in [0.5, 0.6) is 0 Å². The number of fused-ring (bicyclic) bond motifs is 2. The highest BCUT2D eigenvalue weighted by molar-refractivity contribution is 7.11. The topological polar surface area (TPSA) is 59.2 Å². The molecule has 0 spiro atoms. The molecule has 3 aliphatic rings. The third-order valence-corrected chi connectivity index (χ3v) is 7.90. The van der Waals surface area contributed by atoms with Crippen molar-refractivity contribution < 1.29 is 0 Å². The van der Waals surface area contributed by atoms with E-state index >= 15 is 0 Å². The van der Waals surface area contributed by atoms with Gasteiger partial charge in [0.1, 0.15) is 5.82 Å². The molecule has 0 amide bonds. The molecule has 7 heteroatoms. The Hall–Kier alpha value is -2.51. The highest BCUT2D eigenvalue weighted by atomic mass is 32.1. The lowest BCUT2D eigenvalue weighted by molar-refractivity contribution is 0.313. The molecule has 2 aliphatic heterocycles. The first-order valence-corrected chi connectivity index (χ1v) is 12.4. The van der Waals surface area contributed by atoms with Crippen molar-refractivity contribution in [2.75, 3.05) is 50.0 Å². The number of benzene rings is 1. The number of hydrogen-bond donors (Lipinski definition) is 3. The quantitative estimate of drug-likeness (QED) is 0.575. The van der Waals surface area contributed by atoms with Crippen LogP contribution in [0, 0.1) is 0 Å². The Balaban J connectivity index is 1.36. The summed E-state index contributed by atoms with van der Waals surface area (Å²) >= 11 is 1.81. The minimum Gasteiger partial charge on any atom is -0.381 e. The number of piperazine rings is 1. The van der Waals surface area contributed by atoms with Gasteiger partial charge in [0, 0.05) is 50.0 Å². The summed E-state index contributed by atoms with van der Waals surface area (Å²) in [5.74, 6) is 0.984. The number of thiophene rings is 1. The summed E-state index contributed by atoms with van der Waals surface area (Å²) in [6.07, 6.45) is 5.18. The second-order valence-electron chi connectivity index (χ2n) is 9.07. The minimum absolute atomic E-state index is 0.575. The summed E-state index contributed by atoms with van der Waals surface area (Å²) in [5.41, 5.74) is 7.21. The first kappa shape index (κ1) is 19.2. The first-order valence-electron chi connectivity index (χ1n) is 11.5. The summed E-state index contributed by atoms with van der Waals surface area (Å²) in [5, 5.41) is 9.67. The van der Waals surface area contributed by atoms with Gasteiger partial charge in [0.2, 0.25) is 0 Å². The van der Waals surface area contributed by atoms with Crippen molar-refractivity contribution in [3.63, 3.8) is 0 Å². The molecule has 0 radical (unpaired) electrons. The van der Waals surface area contributed by atoms with Crippen molar-refractivity contribution in [3.8, 4) is 0 Å². The van der Waals surface area contributed by atoms with Crippen LogP contribution in [-0.4, -0.2) is 60.7 Å². The highest BCUT2D eigenvalue weighted by Gasteiger charge is 2.26. The normalized spacial score (nSPS) is 20.4. The van der Waals surface area contributed by atoms with Crippen molar-refractivity contribution in [1.29, 1.82) is 0 Å². The maximum atomic E-state index is 5.00. The molecule has 0 bridgehead atoms. The van der Waals surface area contributed by atoms with E-state index in [0.717, 1.165) is 49.6 Å². The number of likely N-dealkylation sites (N-methyl/N-ethyl adjacent to an activating group) is 1. The SMILES string of the molecule is CN1CCN(c2ccc3nc(C4=C(NC5CCCC5)c5sccc5NC4)[nH]c3c2)CC1. The van der Waals surface area contributed by atoms with Crippen LogP contribution >= 0.6 is 11.3 Å². The lowest BCUT2D eigenvalue weighted by Crippen LogP contribution is -2.44. The van der Waals surface area contributed by atoms with E-state index in [1.807, 2.05) is 11.3 Å². The number of hydrogen-bond acceptors (Lipinski definition) is 6. The Labute approximate surface area is 187 Å². The van der Waals surface area contributed by atoms with E-state index in [9.17, 15) is 0 Å². The van der Waals surface area contributed by atoms with Crippen molar-refractivity contribution in [2.24, 2.45) is 0 Å². The lowest BCUT2D eigenvalue weighted by Gasteiger charge is -2.34. The average Bonchev–Trinajstić information content (AvgIpc) is 3.54. The number of aromatic nitrogens is 2. The Morgan fingerprint density at radius 3 is 2.77 bits per heavy atom. The second kappa shape index (κ2) is 7.88. The molecule has 31 heavy (non-hydrogen) atoms. The van der Waals surface area contributed by atoms with Crippen molar-refractivity contribution in [2.45, 2.75) is 31.7 Å². The number of aromatic amines is 1. The molecule has 3 aromatic rings. The average molecular weight is 435 g/mol. The molecule has 4 heterocycles. The number of anilines is 2. The summed E-state index contributed by atoms with van der Waals surface area (Å²) in [7, 11) is 2.20. The van der Waals surface area contributed by atoms with Gasteiger partial charge in [-0.05, 0) is 49.5 Å². The summed E-state index contributed by atoms with van der Waals surface area (Å²) in [6, 6.07) is 9.43. The maximum absolute atomic E-state index is 5.00. The lowest BCUT2D eigenvalue weighted by atomic mass is 10.1. The Bertz CT molecular complexity index is 1110. The van der Waals surface area contributed by atoms with Gasteiger partial charge in [-0.3, -0.25) is 0 Å². The molecule has 3 N–H and O–H groups in total. The molecule has 6 nitrogen and oxygen atoms in total. The molecular formula is C24H30N6S. The van der Waals surface area contributed by atoms with Gasteiger partial charge in [-0.15, -0.1) is 11.3 Å². The van der Waals surface area contributed by atoms with Gasteiger partial charge < -0.3 is 25.4 Å². The first-order chi connectivity index (χ1) is 15.2. The fraction of sp³-hybridized carbons (Fsp3) is 0.458. The third-order valence-electron chi connectivity index (χ3n) is 6.97. The number of rotatable bonds is 4. The zero-order chi connectivity index (χ0) is 20.8. The standard InChI is InChI=1S/C24H30N6S/c1-29-9-11-30(12-10-29)17-6-7-19-21(14-17)28-24(27-19)18-15-25-20-8-13-31-23(20)22(18)26-16-4-2-3-5-16/h6-8,13-14,16,25-26H,2-5,9-12,15H2,1H3,(H,27,28). The Morgan fingerprint density at radius 1 is 1.10 bits per heavy atom. The van der Waals surface area contributed by atoms with Gasteiger partial charge in [0.25, 0.3) is 0 Å². The van der Waals surface area contributed by atoms with Gasteiger partial charge >= 0.3 is 0 Å². The van der Waals surface area contributed by atoms with Crippen LogP contribution in [0.1, 0.15) is 36.4 Å². The minimum atomic E-state index is 0.575. The molecule has 1 aliphatic carbocycles. The van der Waals surface area contributed by atoms with E-state index in [2.05, 4.69) is 62.1 Å². The van der Waals surface area contributed by atoms with E-state index in [1.54, 1.807) is 0 Å². The zero-order valence-corrected chi connectivity index (χ0v) is 18.9. The van der Waals surface area contributed by atoms with Gasteiger partial charge in [0.15, 0.2) is 0 Å². The molecule has 6 rings (SSSR count).